The molecule has 0 aliphatic heterocycles. The van der Waals surface area contributed by atoms with Gasteiger partial charge in [-0.05, 0) is 47.5 Å². The Kier molecular flexibility index (Phi) is 40.8. The second-order valence-corrected chi connectivity index (χ2v) is 11.0. The number of ether oxygens (including phenoxy) is 2. The minimum atomic E-state index is -1.75. The summed E-state index contributed by atoms with van der Waals surface area (Å²) >= 11 is 0. The summed E-state index contributed by atoms with van der Waals surface area (Å²) < 4.78 is 10.0. The monoisotopic (exact) mass is 1200 g/mol. The maximum atomic E-state index is 12.0. The van der Waals surface area contributed by atoms with E-state index in [1.807, 2.05) is 72.8 Å². The minimum absolute atomic E-state index is 0. The molecule has 0 N–H and O–H groups in total. The maximum Gasteiger partial charge on any atom is 3.00 e. The smallest absolute Gasteiger partial charge is 0.870 e. The number of benzene rings is 4. The van der Waals surface area contributed by atoms with Crippen molar-refractivity contribution in [3.05, 3.63) is 193 Å². The number of pyridine rings is 2. The summed E-state index contributed by atoms with van der Waals surface area (Å²) in [6.45, 7) is 3.48. The molecule has 4 aromatic carbocycles. The molecule has 0 amide bonds. The van der Waals surface area contributed by atoms with E-state index < -0.39 is 20.3 Å². The van der Waals surface area contributed by atoms with Crippen molar-refractivity contribution in [1.82, 2.24) is 9.97 Å². The Morgan fingerprint density at radius 3 is 1.07 bits per heavy atom. The van der Waals surface area contributed by atoms with E-state index in [4.69, 9.17) is 81.3 Å². The topological polar surface area (TPSA) is 427 Å². The molecule has 26 nitrogen and oxygen atoms in total. The molecule has 28 heteroatoms. The van der Waals surface area contributed by atoms with Crippen LogP contribution >= 0.6 is 0 Å². The molecule has 68 heavy (non-hydrogen) atoms. The van der Waals surface area contributed by atoms with Crippen molar-refractivity contribution in [2.24, 2.45) is 9.98 Å². The zero-order valence-corrected chi connectivity index (χ0v) is 42.4. The Morgan fingerprint density at radius 1 is 0.515 bits per heavy atom. The Balaban J connectivity index is -0.000000414. The summed E-state index contributed by atoms with van der Waals surface area (Å²) in [6, 6.07) is 37.6. The first-order chi connectivity index (χ1) is 31.3. The normalized spacial score (nSPS) is 8.85. The standard InChI is InChI=1S/2C18H16N2O2.2C2H3N.4NO3.2Nd/c2*1-22-17-8-4-6-14(18(17)21)11-19-12-15-10-9-13-5-2-3-7-16(13)20-15;2*1-2-3;4*2-1(3)4;;/h2*2-10,12,21H,11H2,1H3;2*1H3;;;;;;/q;;;;4*-1;2*+3/p-2. The van der Waals surface area contributed by atoms with E-state index in [-0.39, 0.29) is 93.2 Å². The average molecular weight is 1200 g/mol. The minimum Gasteiger partial charge on any atom is -0.870 e. The van der Waals surface area contributed by atoms with Gasteiger partial charge in [0.1, 0.15) is 11.5 Å². The van der Waals surface area contributed by atoms with Crippen LogP contribution in [-0.2, 0) is 13.1 Å². The maximum absolute atomic E-state index is 12.0. The van der Waals surface area contributed by atoms with Gasteiger partial charge in [-0.1, -0.05) is 84.3 Å². The van der Waals surface area contributed by atoms with Gasteiger partial charge >= 0.3 is 81.7 Å². The number of para-hydroxylation sites is 4. The fraction of sp³-hybridized carbons (Fsp3) is 0.150. The van der Waals surface area contributed by atoms with Gasteiger partial charge in [-0.15, -0.1) is 0 Å². The molecule has 0 bridgehead atoms. The molecule has 0 spiro atoms. The molecular formula is C40H36N10Nd2O16. The van der Waals surface area contributed by atoms with E-state index in [1.54, 1.807) is 61.0 Å². The molecule has 0 unspecified atom stereocenters. The summed E-state index contributed by atoms with van der Waals surface area (Å²) in [4.78, 5) is 50.6. The van der Waals surface area contributed by atoms with Crippen LogP contribution < -0.4 is 19.7 Å². The van der Waals surface area contributed by atoms with Crippen LogP contribution in [0.2, 0.25) is 0 Å². The molecular weight excluding hydrogens is 1160 g/mol. The third-order valence-corrected chi connectivity index (χ3v) is 6.77. The van der Waals surface area contributed by atoms with Gasteiger partial charge in [-0.25, -0.2) is 9.97 Å². The molecule has 350 valence electrons. The third kappa shape index (κ3) is 33.2. The van der Waals surface area contributed by atoms with E-state index in [1.165, 1.54) is 28.1 Å². The molecule has 0 aliphatic carbocycles. The summed E-state index contributed by atoms with van der Waals surface area (Å²) in [5.41, 5.74) is 4.62. The van der Waals surface area contributed by atoms with Gasteiger partial charge in [0.05, 0.1) is 82.2 Å². The summed E-state index contributed by atoms with van der Waals surface area (Å²) in [6.07, 6.45) is 3.37. The van der Waals surface area contributed by atoms with E-state index in [0.29, 0.717) is 35.7 Å². The molecule has 6 rings (SSSR count). The van der Waals surface area contributed by atoms with Crippen LogP contribution in [0.3, 0.4) is 0 Å². The predicted octanol–water partition coefficient (Wildman–Crippen LogP) is 5.98. The van der Waals surface area contributed by atoms with Gasteiger partial charge in [0.15, 0.2) is 0 Å². The number of methoxy groups -OCH3 is 2. The number of rotatable bonds is 8. The molecule has 0 atom stereocenters. The Bertz CT molecular complexity index is 2380. The molecule has 2 radical (unpaired) electrons. The fourth-order valence-corrected chi connectivity index (χ4v) is 4.48. The number of nitrogens with zero attached hydrogens (tertiary/aromatic N) is 10. The van der Waals surface area contributed by atoms with Crippen LogP contribution in [0.25, 0.3) is 21.8 Å². The van der Waals surface area contributed by atoms with E-state index in [9.17, 15) is 10.2 Å². The molecule has 2 heterocycles. The molecule has 0 saturated carbocycles. The van der Waals surface area contributed by atoms with E-state index in [2.05, 4.69) is 20.0 Å². The van der Waals surface area contributed by atoms with Crippen molar-refractivity contribution in [2.45, 2.75) is 26.9 Å². The van der Waals surface area contributed by atoms with Crippen molar-refractivity contribution in [3.63, 3.8) is 0 Å². The van der Waals surface area contributed by atoms with E-state index in [0.717, 1.165) is 33.2 Å². The zero-order valence-electron chi connectivity index (χ0n) is 36.0. The van der Waals surface area contributed by atoms with Gasteiger partial charge < -0.3 is 81.0 Å². The van der Waals surface area contributed by atoms with Crippen LogP contribution in [-0.4, -0.2) is 57.0 Å². The number of aromatic nitrogens is 2. The van der Waals surface area contributed by atoms with Crippen LogP contribution in [0.4, 0.5) is 0 Å². The van der Waals surface area contributed by atoms with Crippen LogP contribution in [0.1, 0.15) is 36.4 Å². The Labute approximate surface area is 451 Å². The first-order valence-electron chi connectivity index (χ1n) is 17.6. The van der Waals surface area contributed by atoms with Crippen molar-refractivity contribution in [3.8, 4) is 35.1 Å². The predicted molar refractivity (Wildman–Crippen MR) is 235 cm³/mol. The van der Waals surface area contributed by atoms with Crippen molar-refractivity contribution in [1.29, 1.82) is 10.5 Å². The van der Waals surface area contributed by atoms with Gasteiger partial charge in [0, 0.05) is 37.0 Å². The van der Waals surface area contributed by atoms with Gasteiger partial charge in [-0.2, -0.15) is 10.5 Å². The quantitative estimate of drug-likeness (QED) is 0.0961. The number of fused-ring (bicyclic) bond motifs is 2. The first kappa shape index (κ1) is 67.3. The Morgan fingerprint density at radius 2 is 0.794 bits per heavy atom. The average Bonchev–Trinajstić information content (AvgIpc) is 3.25. The SMILES string of the molecule is CC#N.CC#N.COc1cccc(CN=Cc2ccc3ccccc3n2)c1[O-].COc1cccc(CN=Cc2ccc3ccccc3n2)c1[O-].O=[N+]([O-])[O-].O=[N+]([O-])[O-].O=[N+]([O-])[O-].O=[N+]([O-])[O-].[Nd+3].[Nd+3]. The summed E-state index contributed by atoms with van der Waals surface area (Å²) in [5.74, 6) is 0.454. The first-order valence-corrected chi connectivity index (χ1v) is 17.6. The largest absolute Gasteiger partial charge is 3.00 e. The Hall–Kier alpha value is -7.28. The second kappa shape index (κ2) is 41.2. The molecule has 6 aromatic rings. The van der Waals surface area contributed by atoms with E-state index >= 15 is 0 Å². The van der Waals surface area contributed by atoms with Crippen molar-refractivity contribution in [2.75, 3.05) is 14.2 Å². The van der Waals surface area contributed by atoms with Gasteiger partial charge in [0.2, 0.25) is 0 Å². The third-order valence-electron chi connectivity index (χ3n) is 6.77. The fourth-order valence-electron chi connectivity index (χ4n) is 4.48. The summed E-state index contributed by atoms with van der Waals surface area (Å²) in [7, 11) is 2.98. The van der Waals surface area contributed by atoms with Gasteiger partial charge in [-0.3, -0.25) is 9.98 Å². The molecule has 0 aliphatic rings. The molecule has 0 saturated heterocycles. The summed E-state index contributed by atoms with van der Waals surface area (Å²) in [5, 5.41) is 99.8. The molecule has 0 fully saturated rings. The molecule has 2 aromatic heterocycles. The zero-order chi connectivity index (χ0) is 50.5. The van der Waals surface area contributed by atoms with Gasteiger partial charge in [0.25, 0.3) is 0 Å². The number of hydrogen-bond acceptors (Lipinski definition) is 22. The number of nitriles is 2. The number of aliphatic imine (C=N–C) groups is 2. The van der Waals surface area contributed by atoms with Crippen LogP contribution in [0.5, 0.6) is 23.0 Å². The van der Waals surface area contributed by atoms with Crippen molar-refractivity contribution < 1.29 is 122 Å². The van der Waals surface area contributed by atoms with Crippen LogP contribution in [0, 0.1) is 166 Å². The van der Waals surface area contributed by atoms with Crippen LogP contribution in [0.15, 0.2) is 119 Å². The number of hydrogen-bond donors (Lipinski definition) is 0. The van der Waals surface area contributed by atoms with Crippen molar-refractivity contribution >= 4 is 34.2 Å². The second-order valence-electron chi connectivity index (χ2n) is 11.0.